The number of hydrogen-bond acceptors (Lipinski definition) is 3. The van der Waals surface area contributed by atoms with Crippen LogP contribution in [0.5, 0.6) is 0 Å². The van der Waals surface area contributed by atoms with Crippen molar-refractivity contribution >= 4 is 23.4 Å². The van der Waals surface area contributed by atoms with E-state index in [0.717, 1.165) is 6.42 Å². The standard InChI is InChI=1S/C21H23N3O3/c1-22-20(26)16-7-9-18(10-8-16)23-21(27)17-13-19(25)24(14-17)12-11-15-5-3-2-4-6-15/h2-10,17H,11-14H2,1H3,(H,22,26)(H,23,27). The van der Waals surface area contributed by atoms with Gasteiger partial charge >= 0.3 is 0 Å². The molecular weight excluding hydrogens is 342 g/mol. The molecule has 140 valence electrons. The van der Waals surface area contributed by atoms with Crippen LogP contribution in [-0.2, 0) is 16.0 Å². The van der Waals surface area contributed by atoms with E-state index >= 15 is 0 Å². The summed E-state index contributed by atoms with van der Waals surface area (Å²) >= 11 is 0. The van der Waals surface area contributed by atoms with E-state index in [4.69, 9.17) is 0 Å². The van der Waals surface area contributed by atoms with E-state index in [-0.39, 0.29) is 30.1 Å². The minimum absolute atomic E-state index is 0.0149. The van der Waals surface area contributed by atoms with Gasteiger partial charge in [0.1, 0.15) is 0 Å². The molecule has 0 saturated carbocycles. The third kappa shape index (κ3) is 4.73. The summed E-state index contributed by atoms with van der Waals surface area (Å²) in [6.07, 6.45) is 1.01. The van der Waals surface area contributed by atoms with Gasteiger partial charge in [-0.3, -0.25) is 14.4 Å². The second kappa shape index (κ2) is 8.49. The van der Waals surface area contributed by atoms with E-state index in [1.54, 1.807) is 36.2 Å². The highest BCUT2D eigenvalue weighted by Gasteiger charge is 2.34. The maximum Gasteiger partial charge on any atom is 0.251 e. The van der Waals surface area contributed by atoms with Crippen LogP contribution in [0, 0.1) is 5.92 Å². The van der Waals surface area contributed by atoms with Gasteiger partial charge in [-0.1, -0.05) is 30.3 Å². The summed E-state index contributed by atoms with van der Waals surface area (Å²) in [7, 11) is 1.57. The normalized spacial score (nSPS) is 16.3. The molecule has 1 fully saturated rings. The first kappa shape index (κ1) is 18.6. The van der Waals surface area contributed by atoms with E-state index < -0.39 is 0 Å². The molecule has 3 rings (SSSR count). The summed E-state index contributed by atoms with van der Waals surface area (Å²) < 4.78 is 0. The fourth-order valence-corrected chi connectivity index (χ4v) is 3.17. The lowest BCUT2D eigenvalue weighted by Crippen LogP contribution is -2.30. The maximum atomic E-state index is 12.5. The zero-order valence-corrected chi connectivity index (χ0v) is 15.3. The predicted octanol–water partition coefficient (Wildman–Crippen LogP) is 2.08. The first-order valence-corrected chi connectivity index (χ1v) is 9.01. The van der Waals surface area contributed by atoms with E-state index in [9.17, 15) is 14.4 Å². The average Bonchev–Trinajstić information content (AvgIpc) is 3.08. The highest BCUT2D eigenvalue weighted by molar-refractivity contribution is 5.98. The Balaban J connectivity index is 1.53. The van der Waals surface area contributed by atoms with Gasteiger partial charge in [-0.05, 0) is 36.2 Å². The van der Waals surface area contributed by atoms with Crippen LogP contribution in [0.15, 0.2) is 54.6 Å². The number of rotatable bonds is 6. The molecule has 1 atom stereocenters. The number of benzene rings is 2. The van der Waals surface area contributed by atoms with Crippen LogP contribution in [0.1, 0.15) is 22.3 Å². The Hall–Kier alpha value is -3.15. The topological polar surface area (TPSA) is 78.5 Å². The third-order valence-corrected chi connectivity index (χ3v) is 4.74. The predicted molar refractivity (Wildman–Crippen MR) is 103 cm³/mol. The zero-order valence-electron chi connectivity index (χ0n) is 15.3. The van der Waals surface area contributed by atoms with Crippen molar-refractivity contribution in [3.05, 3.63) is 65.7 Å². The van der Waals surface area contributed by atoms with Gasteiger partial charge < -0.3 is 15.5 Å². The van der Waals surface area contributed by atoms with Gasteiger partial charge in [0.25, 0.3) is 5.91 Å². The molecule has 2 aromatic carbocycles. The molecule has 6 heteroatoms. The quantitative estimate of drug-likeness (QED) is 0.823. The molecule has 0 aromatic heterocycles. The number of carbonyl (C=O) groups excluding carboxylic acids is 3. The van der Waals surface area contributed by atoms with Crippen LogP contribution in [0.4, 0.5) is 5.69 Å². The van der Waals surface area contributed by atoms with Crippen molar-refractivity contribution in [3.63, 3.8) is 0 Å². The highest BCUT2D eigenvalue weighted by atomic mass is 16.2. The summed E-state index contributed by atoms with van der Waals surface area (Å²) in [6, 6.07) is 16.7. The van der Waals surface area contributed by atoms with E-state index in [0.29, 0.717) is 24.3 Å². The van der Waals surface area contributed by atoms with Gasteiger partial charge in [0.15, 0.2) is 0 Å². The Morgan fingerprint density at radius 3 is 2.44 bits per heavy atom. The third-order valence-electron chi connectivity index (χ3n) is 4.74. The van der Waals surface area contributed by atoms with Crippen LogP contribution in [0.2, 0.25) is 0 Å². The second-order valence-electron chi connectivity index (χ2n) is 6.62. The van der Waals surface area contributed by atoms with Crippen molar-refractivity contribution < 1.29 is 14.4 Å². The average molecular weight is 365 g/mol. The lowest BCUT2D eigenvalue weighted by Gasteiger charge is -2.16. The summed E-state index contributed by atoms with van der Waals surface area (Å²) in [5, 5.41) is 5.38. The van der Waals surface area contributed by atoms with Gasteiger partial charge in [0.05, 0.1) is 5.92 Å². The molecule has 0 bridgehead atoms. The first-order chi connectivity index (χ1) is 13.1. The monoisotopic (exact) mass is 365 g/mol. The van der Waals surface area contributed by atoms with E-state index in [1.807, 2.05) is 30.3 Å². The minimum atomic E-state index is -0.355. The summed E-state index contributed by atoms with van der Waals surface area (Å²) in [4.78, 5) is 38.0. The van der Waals surface area contributed by atoms with Gasteiger partial charge in [0, 0.05) is 37.8 Å². The lowest BCUT2D eigenvalue weighted by atomic mass is 10.1. The molecule has 6 nitrogen and oxygen atoms in total. The van der Waals surface area contributed by atoms with Crippen LogP contribution < -0.4 is 10.6 Å². The maximum absolute atomic E-state index is 12.5. The van der Waals surface area contributed by atoms with Crippen molar-refractivity contribution in [1.82, 2.24) is 10.2 Å². The van der Waals surface area contributed by atoms with Crippen molar-refractivity contribution in [1.29, 1.82) is 0 Å². The molecule has 1 aliphatic rings. The Labute approximate surface area is 158 Å². The summed E-state index contributed by atoms with van der Waals surface area (Å²) in [5.41, 5.74) is 2.32. The smallest absolute Gasteiger partial charge is 0.251 e. The largest absolute Gasteiger partial charge is 0.355 e. The van der Waals surface area contributed by atoms with Crippen LogP contribution >= 0.6 is 0 Å². The fourth-order valence-electron chi connectivity index (χ4n) is 3.17. The summed E-state index contributed by atoms with van der Waals surface area (Å²) in [6.45, 7) is 1.06. The first-order valence-electron chi connectivity index (χ1n) is 9.01. The molecule has 3 amide bonds. The molecule has 1 saturated heterocycles. The Bertz CT molecular complexity index is 818. The van der Waals surface area contributed by atoms with Crippen LogP contribution in [0.3, 0.4) is 0 Å². The number of nitrogens with one attached hydrogen (secondary N) is 2. The molecule has 2 N–H and O–H groups in total. The van der Waals surface area contributed by atoms with E-state index in [1.165, 1.54) is 5.56 Å². The Morgan fingerprint density at radius 2 is 1.78 bits per heavy atom. The number of carbonyl (C=O) groups is 3. The molecule has 1 aliphatic heterocycles. The molecule has 27 heavy (non-hydrogen) atoms. The molecular formula is C21H23N3O3. The van der Waals surface area contributed by atoms with Crippen molar-refractivity contribution in [2.24, 2.45) is 5.92 Å². The highest BCUT2D eigenvalue weighted by Crippen LogP contribution is 2.20. The number of hydrogen-bond donors (Lipinski definition) is 2. The van der Waals surface area contributed by atoms with E-state index in [2.05, 4.69) is 10.6 Å². The number of anilines is 1. The number of nitrogens with zero attached hydrogens (tertiary/aromatic N) is 1. The van der Waals surface area contributed by atoms with Crippen molar-refractivity contribution in [3.8, 4) is 0 Å². The van der Waals surface area contributed by atoms with Gasteiger partial charge in [-0.2, -0.15) is 0 Å². The molecule has 2 aromatic rings. The Kier molecular flexibility index (Phi) is 5.86. The molecule has 1 heterocycles. The molecule has 1 unspecified atom stereocenters. The van der Waals surface area contributed by atoms with Crippen molar-refractivity contribution in [2.45, 2.75) is 12.8 Å². The zero-order chi connectivity index (χ0) is 19.2. The van der Waals surface area contributed by atoms with Crippen LogP contribution in [-0.4, -0.2) is 42.8 Å². The summed E-state index contributed by atoms with van der Waals surface area (Å²) in [5.74, 6) is -0.686. The molecule has 0 aliphatic carbocycles. The molecule has 0 spiro atoms. The SMILES string of the molecule is CNC(=O)c1ccc(NC(=O)C2CC(=O)N(CCc3ccccc3)C2)cc1. The molecule has 0 radical (unpaired) electrons. The van der Waals surface area contributed by atoms with Gasteiger partial charge in [-0.15, -0.1) is 0 Å². The lowest BCUT2D eigenvalue weighted by molar-refractivity contribution is -0.128. The number of amides is 3. The fraction of sp³-hybridized carbons (Fsp3) is 0.286. The van der Waals surface area contributed by atoms with Crippen LogP contribution in [0.25, 0.3) is 0 Å². The minimum Gasteiger partial charge on any atom is -0.355 e. The second-order valence-corrected chi connectivity index (χ2v) is 6.62. The number of likely N-dealkylation sites (tertiary alicyclic amines) is 1. The van der Waals surface area contributed by atoms with Gasteiger partial charge in [0.2, 0.25) is 11.8 Å². The Morgan fingerprint density at radius 1 is 1.07 bits per heavy atom. The van der Waals surface area contributed by atoms with Gasteiger partial charge in [-0.25, -0.2) is 0 Å². The van der Waals surface area contributed by atoms with Crippen molar-refractivity contribution in [2.75, 3.05) is 25.5 Å².